The largest absolute Gasteiger partial charge is 0.756 e. The van der Waals surface area contributed by atoms with Crippen molar-refractivity contribution in [3.05, 3.63) is 48.6 Å². The van der Waals surface area contributed by atoms with Gasteiger partial charge in [-0.1, -0.05) is 101 Å². The third kappa shape index (κ3) is 31.9. The number of phosphoric ester groups is 1. The Bertz CT molecular complexity index is 939. The van der Waals surface area contributed by atoms with Crippen molar-refractivity contribution in [3.8, 4) is 0 Å². The number of ether oxygens (including phenoxy) is 2. The summed E-state index contributed by atoms with van der Waals surface area (Å²) in [5.41, 5.74) is 0. The normalized spacial score (nSPS) is 14.5. The lowest BCUT2D eigenvalue weighted by Gasteiger charge is -2.28. The van der Waals surface area contributed by atoms with Crippen LogP contribution in [0.1, 0.15) is 117 Å². The summed E-state index contributed by atoms with van der Waals surface area (Å²) < 4.78 is 33.5. The average Bonchev–Trinajstić information content (AvgIpc) is 2.99. The third-order valence-electron chi connectivity index (χ3n) is 6.86. The second kappa shape index (κ2) is 29.1. The molecule has 0 rings (SSSR count). The number of hydrogen-bond acceptors (Lipinski definition) is 8. The van der Waals surface area contributed by atoms with E-state index in [-0.39, 0.29) is 26.1 Å². The number of quaternary nitrogens is 1. The van der Waals surface area contributed by atoms with Crippen molar-refractivity contribution in [2.24, 2.45) is 0 Å². The first kappa shape index (κ1) is 44.0. The van der Waals surface area contributed by atoms with Gasteiger partial charge in [0.15, 0.2) is 6.10 Å². The number of allylic oxidation sites excluding steroid dienone is 8. The summed E-state index contributed by atoms with van der Waals surface area (Å²) in [6, 6.07) is 0. The maximum atomic E-state index is 12.5. The van der Waals surface area contributed by atoms with Gasteiger partial charge in [0, 0.05) is 12.8 Å². The highest BCUT2D eigenvalue weighted by molar-refractivity contribution is 7.45. The molecule has 266 valence electrons. The Morgan fingerprint density at radius 1 is 0.696 bits per heavy atom. The van der Waals surface area contributed by atoms with Crippen LogP contribution in [0.2, 0.25) is 0 Å². The molecule has 0 spiro atoms. The molecular formula is C36H64NO8P. The van der Waals surface area contributed by atoms with Gasteiger partial charge in [-0.05, 0) is 51.4 Å². The topological polar surface area (TPSA) is 111 Å². The third-order valence-corrected chi connectivity index (χ3v) is 7.83. The van der Waals surface area contributed by atoms with E-state index in [2.05, 4.69) is 62.5 Å². The molecule has 1 unspecified atom stereocenters. The smallest absolute Gasteiger partial charge is 0.306 e. The van der Waals surface area contributed by atoms with Crippen molar-refractivity contribution in [1.82, 2.24) is 0 Å². The van der Waals surface area contributed by atoms with Crippen molar-refractivity contribution in [2.75, 3.05) is 47.5 Å². The summed E-state index contributed by atoms with van der Waals surface area (Å²) in [7, 11) is 1.13. The van der Waals surface area contributed by atoms with Crippen LogP contribution in [0.5, 0.6) is 0 Å². The van der Waals surface area contributed by atoms with E-state index >= 15 is 0 Å². The van der Waals surface area contributed by atoms with E-state index in [0.717, 1.165) is 57.8 Å². The van der Waals surface area contributed by atoms with Crippen molar-refractivity contribution in [3.63, 3.8) is 0 Å². The molecular weight excluding hydrogens is 605 g/mol. The molecule has 2 atom stereocenters. The van der Waals surface area contributed by atoms with E-state index in [0.29, 0.717) is 23.9 Å². The monoisotopic (exact) mass is 669 g/mol. The lowest BCUT2D eigenvalue weighted by Crippen LogP contribution is -2.37. The molecule has 0 amide bonds. The molecule has 0 aromatic rings. The van der Waals surface area contributed by atoms with Gasteiger partial charge in [0.05, 0.1) is 27.7 Å². The van der Waals surface area contributed by atoms with Gasteiger partial charge in [0.1, 0.15) is 19.8 Å². The van der Waals surface area contributed by atoms with Gasteiger partial charge in [-0.25, -0.2) is 0 Å². The molecule has 0 aliphatic heterocycles. The SMILES string of the molecule is CC/C=C/C/C=C/C/C=C/C/C=C/CCCCC(=O)OC[C@@H](COP(=O)([O-])OCC[N+](C)(C)C)OC(=O)CCCCCCCCC. The first-order valence-corrected chi connectivity index (χ1v) is 18.8. The van der Waals surface area contributed by atoms with Crippen LogP contribution in [0.25, 0.3) is 0 Å². The molecule has 0 N–H and O–H groups in total. The van der Waals surface area contributed by atoms with E-state index in [1.165, 1.54) is 19.3 Å². The van der Waals surface area contributed by atoms with Gasteiger partial charge in [0.2, 0.25) is 0 Å². The Hall–Kier alpha value is -2.03. The lowest BCUT2D eigenvalue weighted by molar-refractivity contribution is -0.870. The first-order chi connectivity index (χ1) is 22.0. The molecule has 9 nitrogen and oxygen atoms in total. The predicted molar refractivity (Wildman–Crippen MR) is 185 cm³/mol. The number of likely N-dealkylation sites (N-methyl/N-ethyl adjacent to an activating group) is 1. The van der Waals surface area contributed by atoms with Crippen LogP contribution in [-0.4, -0.2) is 70.0 Å². The highest BCUT2D eigenvalue weighted by atomic mass is 31.2. The van der Waals surface area contributed by atoms with Crippen LogP contribution in [-0.2, 0) is 32.7 Å². The number of phosphoric acid groups is 1. The average molecular weight is 670 g/mol. The molecule has 0 saturated carbocycles. The van der Waals surface area contributed by atoms with Crippen LogP contribution >= 0.6 is 7.82 Å². The predicted octanol–water partition coefficient (Wildman–Crippen LogP) is 8.16. The molecule has 0 aliphatic carbocycles. The van der Waals surface area contributed by atoms with Gasteiger partial charge in [-0.15, -0.1) is 0 Å². The van der Waals surface area contributed by atoms with E-state index in [1.54, 1.807) is 0 Å². The fourth-order valence-electron chi connectivity index (χ4n) is 4.11. The highest BCUT2D eigenvalue weighted by Gasteiger charge is 2.21. The molecule has 0 radical (unpaired) electrons. The minimum absolute atomic E-state index is 0.0388. The Labute approximate surface area is 280 Å². The molecule has 46 heavy (non-hydrogen) atoms. The van der Waals surface area contributed by atoms with Gasteiger partial charge in [-0.2, -0.15) is 0 Å². The number of rotatable bonds is 30. The van der Waals surface area contributed by atoms with Crippen molar-refractivity contribution < 1.29 is 42.1 Å². The first-order valence-electron chi connectivity index (χ1n) is 17.3. The van der Waals surface area contributed by atoms with E-state index in [1.807, 2.05) is 21.1 Å². The summed E-state index contributed by atoms with van der Waals surface area (Å²) in [5, 5.41) is 0. The molecule has 0 aliphatic rings. The van der Waals surface area contributed by atoms with E-state index in [4.69, 9.17) is 18.5 Å². The molecule has 0 heterocycles. The maximum Gasteiger partial charge on any atom is 0.306 e. The van der Waals surface area contributed by atoms with Crippen molar-refractivity contribution in [2.45, 2.75) is 123 Å². The summed E-state index contributed by atoms with van der Waals surface area (Å²) in [4.78, 5) is 37.0. The minimum Gasteiger partial charge on any atom is -0.756 e. The zero-order valence-corrected chi connectivity index (χ0v) is 30.4. The number of esters is 2. The Morgan fingerprint density at radius 3 is 1.85 bits per heavy atom. The second-order valence-corrected chi connectivity index (χ2v) is 13.9. The van der Waals surface area contributed by atoms with Crippen LogP contribution in [0.3, 0.4) is 0 Å². The fourth-order valence-corrected chi connectivity index (χ4v) is 4.84. The Kier molecular flexibility index (Phi) is 27.8. The van der Waals surface area contributed by atoms with Gasteiger partial charge in [-0.3, -0.25) is 14.2 Å². The van der Waals surface area contributed by atoms with Crippen molar-refractivity contribution >= 4 is 19.8 Å². The van der Waals surface area contributed by atoms with Gasteiger partial charge in [0.25, 0.3) is 7.82 Å². The van der Waals surface area contributed by atoms with E-state index < -0.39 is 32.5 Å². The van der Waals surface area contributed by atoms with Crippen LogP contribution in [0.4, 0.5) is 0 Å². The highest BCUT2D eigenvalue weighted by Crippen LogP contribution is 2.38. The Morgan fingerprint density at radius 2 is 1.24 bits per heavy atom. The standard InChI is InChI=1S/C36H64NO8P/c1-6-8-10-12-14-15-16-17-18-19-20-21-23-24-26-28-35(38)42-32-34(33-44-46(40,41)43-31-30-37(3,4)5)45-36(39)29-27-25-22-13-11-9-7-2/h8,10,14-15,17-18,20-21,34H,6-7,9,11-13,16,19,22-33H2,1-5H3/b10-8+,15-14+,18-17+,21-20+/t34-/m0/s1. The number of carbonyl (C=O) groups is 2. The molecule has 0 aromatic carbocycles. The summed E-state index contributed by atoms with van der Waals surface area (Å²) in [6.07, 6.45) is 30.2. The minimum atomic E-state index is -4.62. The lowest BCUT2D eigenvalue weighted by atomic mass is 10.1. The molecule has 0 aromatic heterocycles. The summed E-state index contributed by atoms with van der Waals surface area (Å²) >= 11 is 0. The molecule has 0 saturated heterocycles. The zero-order valence-electron chi connectivity index (χ0n) is 29.5. The zero-order chi connectivity index (χ0) is 34.4. The molecule has 0 fully saturated rings. The van der Waals surface area contributed by atoms with E-state index in [9.17, 15) is 19.0 Å². The van der Waals surface area contributed by atoms with Crippen LogP contribution in [0, 0.1) is 0 Å². The summed E-state index contributed by atoms with van der Waals surface area (Å²) in [5.74, 6) is -0.898. The number of unbranched alkanes of at least 4 members (excludes halogenated alkanes) is 8. The van der Waals surface area contributed by atoms with Gasteiger partial charge < -0.3 is 27.9 Å². The second-order valence-electron chi connectivity index (χ2n) is 12.5. The molecule has 0 bridgehead atoms. The fraction of sp³-hybridized carbons (Fsp3) is 0.722. The molecule has 10 heteroatoms. The van der Waals surface area contributed by atoms with Crippen LogP contribution < -0.4 is 4.89 Å². The van der Waals surface area contributed by atoms with Crippen LogP contribution in [0.15, 0.2) is 48.6 Å². The Balaban J connectivity index is 4.51. The maximum absolute atomic E-state index is 12.5. The van der Waals surface area contributed by atoms with Gasteiger partial charge >= 0.3 is 11.9 Å². The van der Waals surface area contributed by atoms with Crippen molar-refractivity contribution in [1.29, 1.82) is 0 Å². The number of nitrogens with zero attached hydrogens (tertiary/aromatic N) is 1. The summed E-state index contributed by atoms with van der Waals surface area (Å²) in [6.45, 7) is 3.97. The number of hydrogen-bond donors (Lipinski definition) is 0. The number of carbonyl (C=O) groups excluding carboxylic acids is 2. The quantitative estimate of drug-likeness (QED) is 0.0248.